The van der Waals surface area contributed by atoms with Crippen molar-refractivity contribution >= 4 is 8.32 Å². The van der Waals surface area contributed by atoms with Gasteiger partial charge in [-0.1, -0.05) is 54.6 Å². The molecule has 0 aromatic heterocycles. The molecule has 1 aromatic carbocycles. The molecule has 0 heterocycles. The van der Waals surface area contributed by atoms with Gasteiger partial charge in [-0.3, -0.25) is 0 Å². The van der Waals surface area contributed by atoms with Gasteiger partial charge in [-0.2, -0.15) is 0 Å². The Bertz CT molecular complexity index is 380. The van der Waals surface area contributed by atoms with E-state index in [0.717, 1.165) is 6.61 Å². The topological polar surface area (TPSA) is 9.23 Å². The number of allylic oxidation sites excluding steroid dienone is 4. The molecule has 1 aromatic rings. The molecule has 0 atom stereocenters. The summed E-state index contributed by atoms with van der Waals surface area (Å²) in [6.45, 7) is 5.29. The molecule has 0 aliphatic heterocycles. The van der Waals surface area contributed by atoms with Crippen molar-refractivity contribution in [1.29, 1.82) is 0 Å². The van der Waals surface area contributed by atoms with Crippen molar-refractivity contribution in [2.75, 3.05) is 0 Å². The third-order valence-electron chi connectivity index (χ3n) is 3.00. The Balaban J connectivity index is 1.94. The highest BCUT2D eigenvalue weighted by Crippen LogP contribution is 2.29. The molecule has 0 fully saturated rings. The van der Waals surface area contributed by atoms with Crippen LogP contribution in [0.2, 0.25) is 18.6 Å². The van der Waals surface area contributed by atoms with Crippen molar-refractivity contribution in [3.63, 3.8) is 0 Å². The first-order valence-corrected chi connectivity index (χ1v) is 8.70. The van der Waals surface area contributed by atoms with Crippen LogP contribution < -0.4 is 0 Å². The van der Waals surface area contributed by atoms with Gasteiger partial charge < -0.3 is 4.43 Å². The summed E-state index contributed by atoms with van der Waals surface area (Å²) >= 11 is 0. The fourth-order valence-corrected chi connectivity index (χ4v) is 3.72. The van der Waals surface area contributed by atoms with E-state index in [0.29, 0.717) is 5.54 Å². The van der Waals surface area contributed by atoms with Gasteiger partial charge in [-0.25, -0.2) is 0 Å². The van der Waals surface area contributed by atoms with Gasteiger partial charge in [0.15, 0.2) is 8.32 Å². The molecule has 84 valence electrons. The maximum Gasteiger partial charge on any atom is 0.197 e. The molecule has 0 unspecified atom stereocenters. The summed E-state index contributed by atoms with van der Waals surface area (Å²) < 4.78 is 6.14. The van der Waals surface area contributed by atoms with E-state index in [1.807, 2.05) is 6.07 Å². The Hall–Kier alpha value is -1.12. The average Bonchev–Trinajstić information content (AvgIpc) is 2.82. The molecular weight excluding hydrogens is 212 g/mol. The lowest BCUT2D eigenvalue weighted by atomic mass is 10.2. The van der Waals surface area contributed by atoms with Crippen molar-refractivity contribution in [2.45, 2.75) is 25.2 Å². The minimum Gasteiger partial charge on any atom is -0.412 e. The Kier molecular flexibility index (Phi) is 3.41. The number of rotatable bonds is 4. The van der Waals surface area contributed by atoms with Crippen LogP contribution in [-0.2, 0) is 11.0 Å². The molecule has 0 saturated carbocycles. The molecule has 0 saturated heterocycles. The molecule has 0 amide bonds. The van der Waals surface area contributed by atoms with Crippen molar-refractivity contribution in [3.8, 4) is 0 Å². The monoisotopic (exact) mass is 230 g/mol. The van der Waals surface area contributed by atoms with E-state index in [1.54, 1.807) is 0 Å². The maximum absolute atomic E-state index is 6.14. The summed E-state index contributed by atoms with van der Waals surface area (Å²) in [5, 5.41) is 0. The highest BCUT2D eigenvalue weighted by atomic mass is 28.4. The molecule has 1 aliphatic rings. The summed E-state index contributed by atoms with van der Waals surface area (Å²) in [5.74, 6) is 0. The minimum atomic E-state index is -1.63. The van der Waals surface area contributed by atoms with Crippen LogP contribution in [0, 0.1) is 0 Å². The largest absolute Gasteiger partial charge is 0.412 e. The van der Waals surface area contributed by atoms with E-state index in [4.69, 9.17) is 4.43 Å². The number of hydrogen-bond acceptors (Lipinski definition) is 1. The van der Waals surface area contributed by atoms with Crippen molar-refractivity contribution in [2.24, 2.45) is 0 Å². The van der Waals surface area contributed by atoms with E-state index in [2.05, 4.69) is 61.7 Å². The quantitative estimate of drug-likeness (QED) is 0.713. The van der Waals surface area contributed by atoms with Gasteiger partial charge in [-0.15, -0.1) is 0 Å². The zero-order chi connectivity index (χ0) is 11.4. The van der Waals surface area contributed by atoms with E-state index >= 15 is 0 Å². The van der Waals surface area contributed by atoms with Crippen LogP contribution in [-0.4, -0.2) is 8.32 Å². The molecule has 0 bridgehead atoms. The van der Waals surface area contributed by atoms with Crippen LogP contribution >= 0.6 is 0 Å². The second-order valence-electron chi connectivity index (χ2n) is 4.67. The summed E-state index contributed by atoms with van der Waals surface area (Å²) in [6, 6.07) is 10.4. The van der Waals surface area contributed by atoms with Gasteiger partial charge in [0.1, 0.15) is 0 Å². The smallest absolute Gasteiger partial charge is 0.197 e. The van der Waals surface area contributed by atoms with Gasteiger partial charge in [0.05, 0.1) is 6.61 Å². The van der Waals surface area contributed by atoms with Gasteiger partial charge in [0.25, 0.3) is 0 Å². The third-order valence-corrected chi connectivity index (χ3v) is 5.88. The Morgan fingerprint density at radius 3 is 2.31 bits per heavy atom. The summed E-state index contributed by atoms with van der Waals surface area (Å²) in [7, 11) is -1.63. The number of hydrogen-bond donors (Lipinski definition) is 0. The van der Waals surface area contributed by atoms with Gasteiger partial charge in [0.2, 0.25) is 0 Å². The first-order chi connectivity index (χ1) is 7.68. The Morgan fingerprint density at radius 2 is 1.69 bits per heavy atom. The highest BCUT2D eigenvalue weighted by Gasteiger charge is 2.31. The second kappa shape index (κ2) is 4.81. The molecule has 0 spiro atoms. The summed E-state index contributed by atoms with van der Waals surface area (Å²) in [4.78, 5) is 0. The van der Waals surface area contributed by atoms with Crippen LogP contribution in [0.25, 0.3) is 0 Å². The van der Waals surface area contributed by atoms with E-state index in [1.165, 1.54) is 5.56 Å². The molecule has 1 nitrogen and oxygen atoms in total. The van der Waals surface area contributed by atoms with Crippen LogP contribution in [0.4, 0.5) is 0 Å². The average molecular weight is 230 g/mol. The van der Waals surface area contributed by atoms with Crippen LogP contribution in [0.5, 0.6) is 0 Å². The van der Waals surface area contributed by atoms with E-state index < -0.39 is 8.32 Å². The van der Waals surface area contributed by atoms with Crippen molar-refractivity contribution < 1.29 is 4.43 Å². The lowest BCUT2D eigenvalue weighted by molar-refractivity contribution is 0.293. The third kappa shape index (κ3) is 2.71. The summed E-state index contributed by atoms with van der Waals surface area (Å²) in [6.07, 6.45) is 8.73. The molecule has 16 heavy (non-hydrogen) atoms. The molecular formula is C14H18OSi. The second-order valence-corrected chi connectivity index (χ2v) is 8.84. The van der Waals surface area contributed by atoms with Crippen LogP contribution in [0.3, 0.4) is 0 Å². The van der Waals surface area contributed by atoms with Crippen molar-refractivity contribution in [3.05, 3.63) is 60.2 Å². The standard InChI is InChI=1S/C14H18OSi/c1-16(2,14-10-6-7-11-14)15-12-13-8-4-3-5-9-13/h3-11,14H,12H2,1-2H3. The van der Waals surface area contributed by atoms with Gasteiger partial charge in [-0.05, 0) is 18.7 Å². The molecule has 2 heteroatoms. The summed E-state index contributed by atoms with van der Waals surface area (Å²) in [5.41, 5.74) is 1.78. The van der Waals surface area contributed by atoms with E-state index in [9.17, 15) is 0 Å². The zero-order valence-corrected chi connectivity index (χ0v) is 10.9. The van der Waals surface area contributed by atoms with Gasteiger partial charge >= 0.3 is 0 Å². The zero-order valence-electron chi connectivity index (χ0n) is 9.89. The molecule has 2 rings (SSSR count). The van der Waals surface area contributed by atoms with Gasteiger partial charge in [0, 0.05) is 5.54 Å². The first kappa shape index (κ1) is 11.4. The highest BCUT2D eigenvalue weighted by molar-refractivity contribution is 6.73. The first-order valence-electron chi connectivity index (χ1n) is 5.71. The fourth-order valence-electron chi connectivity index (χ4n) is 1.84. The van der Waals surface area contributed by atoms with Crippen LogP contribution in [0.1, 0.15) is 5.56 Å². The van der Waals surface area contributed by atoms with E-state index in [-0.39, 0.29) is 0 Å². The normalized spacial score (nSPS) is 15.9. The molecule has 0 radical (unpaired) electrons. The Labute approximate surface area is 98.6 Å². The fraction of sp³-hybridized carbons (Fsp3) is 0.286. The Morgan fingerprint density at radius 1 is 1.06 bits per heavy atom. The SMILES string of the molecule is C[Si](C)(OCc1ccccc1)C1C=CC=C1. The predicted molar refractivity (Wildman–Crippen MR) is 70.7 cm³/mol. The maximum atomic E-state index is 6.14. The molecule has 1 aliphatic carbocycles. The minimum absolute atomic E-state index is 0.524. The number of benzene rings is 1. The lowest BCUT2D eigenvalue weighted by Crippen LogP contribution is -2.34. The lowest BCUT2D eigenvalue weighted by Gasteiger charge is -2.27. The van der Waals surface area contributed by atoms with Crippen LogP contribution in [0.15, 0.2) is 54.6 Å². The predicted octanol–water partition coefficient (Wildman–Crippen LogP) is 3.90. The van der Waals surface area contributed by atoms with Crippen molar-refractivity contribution in [1.82, 2.24) is 0 Å². The molecule has 0 N–H and O–H groups in total.